The zero-order valence-electron chi connectivity index (χ0n) is 14.5. The Morgan fingerprint density at radius 3 is 2.92 bits per heavy atom. The van der Waals surface area contributed by atoms with Crippen LogP contribution in [0.1, 0.15) is 33.6 Å². The lowest BCUT2D eigenvalue weighted by molar-refractivity contribution is 0.00777. The molecule has 0 N–H and O–H groups in total. The zero-order valence-corrected chi connectivity index (χ0v) is 14.5. The molecular weight excluding hydrogens is 304 g/mol. The number of benzene rings is 1. The van der Waals surface area contributed by atoms with E-state index < -0.39 is 5.60 Å². The molecule has 1 atom stereocenters. The number of carbonyl (C=O) groups excluding carboxylic acids is 1. The van der Waals surface area contributed by atoms with Crippen molar-refractivity contribution in [3.05, 3.63) is 36.5 Å². The zero-order chi connectivity index (χ0) is 17.2. The number of piperidine rings is 1. The van der Waals surface area contributed by atoms with Gasteiger partial charge in [0.1, 0.15) is 17.5 Å². The molecule has 2 heterocycles. The summed E-state index contributed by atoms with van der Waals surface area (Å²) in [6.45, 7) is 6.92. The van der Waals surface area contributed by atoms with E-state index in [1.807, 2.05) is 51.1 Å². The maximum Gasteiger partial charge on any atom is 0.410 e. The number of ether oxygens (including phenoxy) is 2. The molecule has 1 aliphatic heterocycles. The van der Waals surface area contributed by atoms with Crippen molar-refractivity contribution in [1.82, 2.24) is 9.88 Å². The fourth-order valence-corrected chi connectivity index (χ4v) is 2.85. The van der Waals surface area contributed by atoms with Gasteiger partial charge in [0.15, 0.2) is 0 Å². The molecule has 5 heteroatoms. The van der Waals surface area contributed by atoms with Gasteiger partial charge in [-0.2, -0.15) is 0 Å². The van der Waals surface area contributed by atoms with Gasteiger partial charge in [-0.3, -0.25) is 4.98 Å². The molecule has 128 valence electrons. The largest absolute Gasteiger partial charge is 0.489 e. The molecule has 0 aliphatic carbocycles. The lowest BCUT2D eigenvalue weighted by Gasteiger charge is -2.34. The molecule has 0 spiro atoms. The molecule has 24 heavy (non-hydrogen) atoms. The number of aromatic nitrogens is 1. The van der Waals surface area contributed by atoms with Crippen LogP contribution in [0.15, 0.2) is 36.5 Å². The second kappa shape index (κ2) is 6.67. The molecule has 1 aromatic carbocycles. The number of nitrogens with zero attached hydrogens (tertiary/aromatic N) is 2. The molecule has 1 amide bonds. The SMILES string of the molecule is CC(C)(C)OC(=O)N1CCCC(Oc2ccc3ncccc3c2)C1. The summed E-state index contributed by atoms with van der Waals surface area (Å²) in [5.41, 5.74) is 0.472. The number of amides is 1. The van der Waals surface area contributed by atoms with Gasteiger partial charge in [-0.1, -0.05) is 6.07 Å². The van der Waals surface area contributed by atoms with E-state index in [4.69, 9.17) is 9.47 Å². The van der Waals surface area contributed by atoms with Crippen molar-refractivity contribution in [3.8, 4) is 5.75 Å². The molecule has 1 aliphatic rings. The number of pyridine rings is 1. The minimum Gasteiger partial charge on any atom is -0.489 e. The van der Waals surface area contributed by atoms with E-state index in [0.29, 0.717) is 6.54 Å². The number of hydrogen-bond donors (Lipinski definition) is 0. The Hall–Kier alpha value is -2.30. The third kappa shape index (κ3) is 4.16. The van der Waals surface area contributed by atoms with Gasteiger partial charge in [-0.05, 0) is 57.9 Å². The molecular formula is C19H24N2O3. The Morgan fingerprint density at radius 1 is 1.29 bits per heavy atom. The molecule has 1 aromatic heterocycles. The molecule has 1 saturated heterocycles. The summed E-state index contributed by atoms with van der Waals surface area (Å²) in [4.78, 5) is 18.3. The molecule has 1 fully saturated rings. The summed E-state index contributed by atoms with van der Waals surface area (Å²) >= 11 is 0. The fourth-order valence-electron chi connectivity index (χ4n) is 2.85. The first-order valence-corrected chi connectivity index (χ1v) is 8.40. The normalized spacial score (nSPS) is 18.5. The van der Waals surface area contributed by atoms with Crippen LogP contribution in [0.3, 0.4) is 0 Å². The van der Waals surface area contributed by atoms with E-state index in [-0.39, 0.29) is 12.2 Å². The monoisotopic (exact) mass is 328 g/mol. The first kappa shape index (κ1) is 16.6. The van der Waals surface area contributed by atoms with Crippen LogP contribution in [0.5, 0.6) is 5.75 Å². The average molecular weight is 328 g/mol. The predicted octanol–water partition coefficient (Wildman–Crippen LogP) is 4.01. The lowest BCUT2D eigenvalue weighted by Crippen LogP contribution is -2.46. The van der Waals surface area contributed by atoms with Gasteiger partial charge in [-0.15, -0.1) is 0 Å². The van der Waals surface area contributed by atoms with E-state index >= 15 is 0 Å². The Morgan fingerprint density at radius 2 is 2.12 bits per heavy atom. The lowest BCUT2D eigenvalue weighted by atomic mass is 10.1. The summed E-state index contributed by atoms with van der Waals surface area (Å²) in [5.74, 6) is 0.812. The maximum absolute atomic E-state index is 12.2. The van der Waals surface area contributed by atoms with Crippen molar-refractivity contribution in [2.45, 2.75) is 45.3 Å². The Labute approximate surface area is 142 Å². The van der Waals surface area contributed by atoms with Crippen LogP contribution >= 0.6 is 0 Å². The maximum atomic E-state index is 12.2. The number of carbonyl (C=O) groups is 1. The number of likely N-dealkylation sites (tertiary alicyclic amines) is 1. The van der Waals surface area contributed by atoms with Crippen molar-refractivity contribution in [2.75, 3.05) is 13.1 Å². The first-order valence-electron chi connectivity index (χ1n) is 8.40. The van der Waals surface area contributed by atoms with Gasteiger partial charge in [-0.25, -0.2) is 4.79 Å². The highest BCUT2D eigenvalue weighted by Gasteiger charge is 2.28. The van der Waals surface area contributed by atoms with Crippen LogP contribution in [0.4, 0.5) is 4.79 Å². The highest BCUT2D eigenvalue weighted by atomic mass is 16.6. The van der Waals surface area contributed by atoms with Gasteiger partial charge >= 0.3 is 6.09 Å². The van der Waals surface area contributed by atoms with Crippen LogP contribution in [0.2, 0.25) is 0 Å². The van der Waals surface area contributed by atoms with Crippen molar-refractivity contribution in [3.63, 3.8) is 0 Å². The van der Waals surface area contributed by atoms with Crippen LogP contribution in [-0.2, 0) is 4.74 Å². The molecule has 0 saturated carbocycles. The van der Waals surface area contributed by atoms with Crippen LogP contribution in [0, 0.1) is 0 Å². The Kier molecular flexibility index (Phi) is 4.60. The summed E-state index contributed by atoms with van der Waals surface area (Å²) < 4.78 is 11.6. The summed E-state index contributed by atoms with van der Waals surface area (Å²) in [5, 5.41) is 1.05. The topological polar surface area (TPSA) is 51.7 Å². The van der Waals surface area contributed by atoms with Gasteiger partial charge in [0.25, 0.3) is 0 Å². The van der Waals surface area contributed by atoms with E-state index in [1.54, 1.807) is 11.1 Å². The smallest absolute Gasteiger partial charge is 0.410 e. The first-order chi connectivity index (χ1) is 11.4. The Balaban J connectivity index is 1.65. The second-order valence-corrected chi connectivity index (χ2v) is 7.17. The fraction of sp³-hybridized carbons (Fsp3) is 0.474. The highest BCUT2D eigenvalue weighted by molar-refractivity contribution is 5.79. The standard InChI is InChI=1S/C19H24N2O3/c1-19(2,3)24-18(22)21-11-5-7-16(13-21)23-15-8-9-17-14(12-15)6-4-10-20-17/h4,6,8-10,12,16H,5,7,11,13H2,1-3H3. The van der Waals surface area contributed by atoms with E-state index in [1.165, 1.54) is 0 Å². The van der Waals surface area contributed by atoms with Gasteiger partial charge in [0.05, 0.1) is 12.1 Å². The summed E-state index contributed by atoms with van der Waals surface area (Å²) in [6, 6.07) is 9.82. The van der Waals surface area contributed by atoms with Crippen molar-refractivity contribution in [2.24, 2.45) is 0 Å². The minimum atomic E-state index is -0.476. The van der Waals surface area contributed by atoms with E-state index in [2.05, 4.69) is 4.98 Å². The Bertz CT molecular complexity index is 724. The predicted molar refractivity (Wildman–Crippen MR) is 93.2 cm³/mol. The molecule has 0 bridgehead atoms. The van der Waals surface area contributed by atoms with Gasteiger partial charge in [0.2, 0.25) is 0 Å². The van der Waals surface area contributed by atoms with Crippen LogP contribution in [-0.4, -0.2) is 40.8 Å². The summed E-state index contributed by atoms with van der Waals surface area (Å²) in [6.07, 6.45) is 3.35. The van der Waals surface area contributed by atoms with Crippen molar-refractivity contribution < 1.29 is 14.3 Å². The average Bonchev–Trinajstić information content (AvgIpc) is 2.53. The molecule has 2 aromatic rings. The third-order valence-corrected chi connectivity index (χ3v) is 3.91. The molecule has 1 unspecified atom stereocenters. The number of rotatable bonds is 2. The van der Waals surface area contributed by atoms with E-state index in [0.717, 1.165) is 36.0 Å². The quantitative estimate of drug-likeness (QED) is 0.836. The molecule has 0 radical (unpaired) electrons. The van der Waals surface area contributed by atoms with E-state index in [9.17, 15) is 4.79 Å². The minimum absolute atomic E-state index is 0.0135. The molecule has 5 nitrogen and oxygen atoms in total. The van der Waals surface area contributed by atoms with Crippen molar-refractivity contribution in [1.29, 1.82) is 0 Å². The highest BCUT2D eigenvalue weighted by Crippen LogP contribution is 2.23. The van der Waals surface area contributed by atoms with Crippen molar-refractivity contribution >= 4 is 17.0 Å². The van der Waals surface area contributed by atoms with Gasteiger partial charge < -0.3 is 14.4 Å². The molecule has 3 rings (SSSR count). The summed E-state index contributed by atoms with van der Waals surface area (Å²) in [7, 11) is 0. The second-order valence-electron chi connectivity index (χ2n) is 7.17. The van der Waals surface area contributed by atoms with Gasteiger partial charge in [0, 0.05) is 18.1 Å². The number of fused-ring (bicyclic) bond motifs is 1. The number of hydrogen-bond acceptors (Lipinski definition) is 4. The van der Waals surface area contributed by atoms with Crippen LogP contribution < -0.4 is 4.74 Å². The van der Waals surface area contributed by atoms with Crippen LogP contribution in [0.25, 0.3) is 10.9 Å². The third-order valence-electron chi connectivity index (χ3n) is 3.91.